The Labute approximate surface area is 127 Å². The number of hydrogen-bond acceptors (Lipinski definition) is 4. The van der Waals surface area contributed by atoms with Crippen LogP contribution in [0.25, 0.3) is 0 Å². The largest absolute Gasteiger partial charge is 0.496 e. The van der Waals surface area contributed by atoms with Gasteiger partial charge in [-0.3, -0.25) is 9.88 Å². The van der Waals surface area contributed by atoms with Crippen LogP contribution in [0.15, 0.2) is 6.20 Å². The van der Waals surface area contributed by atoms with Crippen molar-refractivity contribution in [3.63, 3.8) is 0 Å². The zero-order chi connectivity index (χ0) is 15.0. The van der Waals surface area contributed by atoms with E-state index < -0.39 is 0 Å². The Hall–Kier alpha value is -1.13. The van der Waals surface area contributed by atoms with Gasteiger partial charge in [-0.05, 0) is 33.1 Å². The molecule has 4 heteroatoms. The molecule has 1 aliphatic heterocycles. The van der Waals surface area contributed by atoms with Gasteiger partial charge in [-0.2, -0.15) is 0 Å². The normalized spacial score (nSPS) is 24.9. The highest BCUT2D eigenvalue weighted by atomic mass is 16.5. The van der Waals surface area contributed by atoms with E-state index in [9.17, 15) is 5.11 Å². The summed E-state index contributed by atoms with van der Waals surface area (Å²) in [5.41, 5.74) is 3.30. The van der Waals surface area contributed by atoms with E-state index in [0.717, 1.165) is 54.9 Å². The van der Waals surface area contributed by atoms with Crippen LogP contribution >= 0.6 is 0 Å². The first-order valence-corrected chi connectivity index (χ1v) is 8.00. The summed E-state index contributed by atoms with van der Waals surface area (Å²) in [6.45, 7) is 5.90. The third-order valence-corrected chi connectivity index (χ3v) is 5.48. The van der Waals surface area contributed by atoms with Crippen molar-refractivity contribution in [1.29, 1.82) is 0 Å². The average molecular weight is 290 g/mol. The van der Waals surface area contributed by atoms with Gasteiger partial charge in [0.05, 0.1) is 18.9 Å². The lowest BCUT2D eigenvalue weighted by atomic mass is 9.91. The molecule has 1 saturated carbocycles. The smallest absolute Gasteiger partial charge is 0.128 e. The lowest BCUT2D eigenvalue weighted by Crippen LogP contribution is -2.47. The summed E-state index contributed by atoms with van der Waals surface area (Å²) in [5.74, 6) is 0.945. The van der Waals surface area contributed by atoms with Gasteiger partial charge in [0, 0.05) is 36.0 Å². The van der Waals surface area contributed by atoms with Crippen LogP contribution in [0.5, 0.6) is 5.75 Å². The Bertz CT molecular complexity index is 524. The Morgan fingerprint density at radius 1 is 1.38 bits per heavy atom. The number of aryl methyl sites for hydroxylation is 1. The number of aliphatic hydroxyl groups is 1. The minimum Gasteiger partial charge on any atom is -0.496 e. The lowest BCUT2D eigenvalue weighted by Gasteiger charge is -2.37. The van der Waals surface area contributed by atoms with Gasteiger partial charge in [0.2, 0.25) is 0 Å². The molecule has 2 fully saturated rings. The fourth-order valence-corrected chi connectivity index (χ4v) is 4.26. The van der Waals surface area contributed by atoms with Crippen molar-refractivity contribution < 1.29 is 9.84 Å². The van der Waals surface area contributed by atoms with E-state index in [1.54, 1.807) is 7.11 Å². The summed E-state index contributed by atoms with van der Waals surface area (Å²) in [7, 11) is 1.72. The third-order valence-electron chi connectivity index (χ3n) is 5.48. The van der Waals surface area contributed by atoms with Crippen LogP contribution in [0.2, 0.25) is 0 Å². The van der Waals surface area contributed by atoms with E-state index in [4.69, 9.17) is 4.74 Å². The zero-order valence-electron chi connectivity index (χ0n) is 13.4. The van der Waals surface area contributed by atoms with E-state index in [0.29, 0.717) is 0 Å². The summed E-state index contributed by atoms with van der Waals surface area (Å²) >= 11 is 0. The van der Waals surface area contributed by atoms with Crippen molar-refractivity contribution in [2.24, 2.45) is 0 Å². The summed E-state index contributed by atoms with van der Waals surface area (Å²) in [4.78, 5) is 7.09. The SMILES string of the molecule is COc1c(C)cnc(CN2CCC(O)C23CCCC3)c1C. The van der Waals surface area contributed by atoms with Crippen LogP contribution in [0, 0.1) is 13.8 Å². The maximum absolute atomic E-state index is 10.5. The van der Waals surface area contributed by atoms with E-state index in [1.807, 2.05) is 13.1 Å². The van der Waals surface area contributed by atoms with Crippen LogP contribution < -0.4 is 4.74 Å². The summed E-state index contributed by atoms with van der Waals surface area (Å²) < 4.78 is 5.51. The first-order valence-electron chi connectivity index (χ1n) is 8.00. The minimum absolute atomic E-state index is 0.00619. The molecule has 1 unspecified atom stereocenters. The molecule has 0 radical (unpaired) electrons. The molecular formula is C17H26N2O2. The highest BCUT2D eigenvalue weighted by molar-refractivity contribution is 5.41. The molecule has 21 heavy (non-hydrogen) atoms. The Morgan fingerprint density at radius 2 is 2.10 bits per heavy atom. The van der Waals surface area contributed by atoms with E-state index in [2.05, 4.69) is 16.8 Å². The van der Waals surface area contributed by atoms with Gasteiger partial charge in [0.15, 0.2) is 0 Å². The molecule has 1 N–H and O–H groups in total. The minimum atomic E-state index is -0.173. The maximum Gasteiger partial charge on any atom is 0.128 e. The molecule has 2 heterocycles. The van der Waals surface area contributed by atoms with Crippen LogP contribution in [0.1, 0.15) is 48.9 Å². The molecule has 0 amide bonds. The standard InChI is InChI=1S/C17H26N2O2/c1-12-10-18-14(13(2)16(12)21-3)11-19-9-6-15(20)17(19)7-4-5-8-17/h10,15,20H,4-9,11H2,1-3H3. The van der Waals surface area contributed by atoms with Gasteiger partial charge in [0.25, 0.3) is 0 Å². The van der Waals surface area contributed by atoms with E-state index >= 15 is 0 Å². The van der Waals surface area contributed by atoms with Crippen molar-refractivity contribution in [1.82, 2.24) is 9.88 Å². The number of hydrogen-bond donors (Lipinski definition) is 1. The first-order chi connectivity index (χ1) is 10.1. The first kappa shape index (κ1) is 14.8. The molecule has 1 spiro atoms. The molecule has 1 aromatic rings. The zero-order valence-corrected chi connectivity index (χ0v) is 13.4. The van der Waals surface area contributed by atoms with Crippen molar-refractivity contribution in [3.05, 3.63) is 23.0 Å². The Kier molecular flexibility index (Phi) is 3.93. The summed E-state index contributed by atoms with van der Waals surface area (Å²) in [5, 5.41) is 10.5. The molecule has 1 atom stereocenters. The molecular weight excluding hydrogens is 264 g/mol. The van der Waals surface area contributed by atoms with Gasteiger partial charge < -0.3 is 9.84 Å². The molecule has 4 nitrogen and oxygen atoms in total. The number of pyridine rings is 1. The molecule has 1 saturated heterocycles. The van der Waals surface area contributed by atoms with Crippen molar-refractivity contribution >= 4 is 0 Å². The Balaban J connectivity index is 1.87. The lowest BCUT2D eigenvalue weighted by molar-refractivity contribution is 0.0270. The van der Waals surface area contributed by atoms with Crippen LogP contribution in [0.4, 0.5) is 0 Å². The fraction of sp³-hybridized carbons (Fsp3) is 0.706. The molecule has 3 rings (SSSR count). The number of likely N-dealkylation sites (tertiary alicyclic amines) is 1. The molecule has 0 aromatic carbocycles. The summed E-state index contributed by atoms with van der Waals surface area (Å²) in [6, 6.07) is 0. The number of aromatic nitrogens is 1. The van der Waals surface area contributed by atoms with Crippen LogP contribution in [0.3, 0.4) is 0 Å². The van der Waals surface area contributed by atoms with Gasteiger partial charge in [-0.15, -0.1) is 0 Å². The van der Waals surface area contributed by atoms with E-state index in [1.165, 1.54) is 12.8 Å². The predicted molar refractivity (Wildman–Crippen MR) is 82.5 cm³/mol. The second-order valence-corrected chi connectivity index (χ2v) is 6.58. The quantitative estimate of drug-likeness (QED) is 0.929. The van der Waals surface area contributed by atoms with Crippen molar-refractivity contribution in [2.75, 3.05) is 13.7 Å². The Morgan fingerprint density at radius 3 is 2.76 bits per heavy atom. The monoisotopic (exact) mass is 290 g/mol. The van der Waals surface area contributed by atoms with Crippen LogP contribution in [-0.2, 0) is 6.54 Å². The predicted octanol–water partition coefficient (Wildman–Crippen LogP) is 2.59. The van der Waals surface area contributed by atoms with Crippen molar-refractivity contribution in [2.45, 2.75) is 64.1 Å². The van der Waals surface area contributed by atoms with Gasteiger partial charge in [-0.25, -0.2) is 0 Å². The molecule has 116 valence electrons. The maximum atomic E-state index is 10.5. The number of rotatable bonds is 3. The van der Waals surface area contributed by atoms with E-state index in [-0.39, 0.29) is 11.6 Å². The number of ether oxygens (including phenoxy) is 1. The highest BCUT2D eigenvalue weighted by Crippen LogP contribution is 2.44. The molecule has 2 aliphatic rings. The summed E-state index contributed by atoms with van der Waals surface area (Å²) in [6.07, 6.45) is 7.32. The average Bonchev–Trinajstić information content (AvgIpc) is 3.06. The molecule has 0 bridgehead atoms. The third kappa shape index (κ3) is 2.34. The van der Waals surface area contributed by atoms with Crippen LogP contribution in [-0.4, -0.2) is 40.3 Å². The number of nitrogens with zero attached hydrogens (tertiary/aromatic N) is 2. The molecule has 1 aliphatic carbocycles. The van der Waals surface area contributed by atoms with Gasteiger partial charge in [-0.1, -0.05) is 12.8 Å². The topological polar surface area (TPSA) is 45.6 Å². The van der Waals surface area contributed by atoms with Gasteiger partial charge in [0.1, 0.15) is 5.75 Å². The fourth-order valence-electron chi connectivity index (χ4n) is 4.26. The molecule has 1 aromatic heterocycles. The van der Waals surface area contributed by atoms with Gasteiger partial charge >= 0.3 is 0 Å². The second kappa shape index (κ2) is 5.58. The highest BCUT2D eigenvalue weighted by Gasteiger charge is 2.49. The van der Waals surface area contributed by atoms with Crippen molar-refractivity contribution in [3.8, 4) is 5.75 Å². The number of methoxy groups -OCH3 is 1. The number of aliphatic hydroxyl groups excluding tert-OH is 1. The second-order valence-electron chi connectivity index (χ2n) is 6.58.